The number of rotatable bonds is 6. The van der Waals surface area contributed by atoms with Crippen molar-refractivity contribution in [1.29, 1.82) is 0 Å². The van der Waals surface area contributed by atoms with E-state index in [1.165, 1.54) is 6.42 Å². The highest BCUT2D eigenvalue weighted by molar-refractivity contribution is 7.92. The highest BCUT2D eigenvalue weighted by Gasteiger charge is 2.19. The molecule has 0 radical (unpaired) electrons. The minimum absolute atomic E-state index is 0.00525. The second-order valence-corrected chi connectivity index (χ2v) is 9.59. The Morgan fingerprint density at radius 1 is 1.22 bits per heavy atom. The number of nitrogens with zero attached hydrogens (tertiary/aromatic N) is 3. The lowest BCUT2D eigenvalue weighted by atomic mass is 10.2. The predicted molar refractivity (Wildman–Crippen MR) is 105 cm³/mol. The Morgan fingerprint density at radius 3 is 2.81 bits per heavy atom. The van der Waals surface area contributed by atoms with Crippen LogP contribution < -0.4 is 5.32 Å². The first kappa shape index (κ1) is 19.5. The number of benzene rings is 1. The zero-order chi connectivity index (χ0) is 19.4. The van der Waals surface area contributed by atoms with E-state index in [9.17, 15) is 13.2 Å². The van der Waals surface area contributed by atoms with Gasteiger partial charge in [0.25, 0.3) is 0 Å². The fraction of sp³-hybridized carbons (Fsp3) is 0.526. The van der Waals surface area contributed by atoms with E-state index in [0.717, 1.165) is 43.0 Å². The Morgan fingerprint density at radius 2 is 2.04 bits per heavy atom. The summed E-state index contributed by atoms with van der Waals surface area (Å²) in [5.41, 5.74) is 1.42. The zero-order valence-corrected chi connectivity index (χ0v) is 16.6. The van der Waals surface area contributed by atoms with Gasteiger partial charge in [-0.05, 0) is 30.9 Å². The minimum atomic E-state index is -3.41. The maximum absolute atomic E-state index is 12.2. The van der Waals surface area contributed by atoms with Gasteiger partial charge in [0.05, 0.1) is 5.75 Å². The van der Waals surface area contributed by atoms with Crippen LogP contribution in [0.1, 0.15) is 38.9 Å². The van der Waals surface area contributed by atoms with Crippen LogP contribution in [0, 0.1) is 5.92 Å². The molecule has 1 aromatic heterocycles. The monoisotopic (exact) mass is 390 g/mol. The first-order valence-corrected chi connectivity index (χ1v) is 11.2. The molecule has 7 nitrogen and oxygen atoms in total. The number of nitrogens with one attached hydrogen (secondary N) is 1. The summed E-state index contributed by atoms with van der Waals surface area (Å²) < 4.78 is 26.2. The smallest absolute Gasteiger partial charge is 0.239 e. The quantitative estimate of drug-likeness (QED) is 0.818. The van der Waals surface area contributed by atoms with Crippen LogP contribution in [-0.2, 0) is 27.6 Å². The summed E-state index contributed by atoms with van der Waals surface area (Å²) in [6.07, 6.45) is 4.34. The Balaban J connectivity index is 1.75. The lowest BCUT2D eigenvalue weighted by molar-refractivity contribution is -0.113. The zero-order valence-electron chi connectivity index (χ0n) is 15.8. The molecule has 27 heavy (non-hydrogen) atoms. The minimum Gasteiger partial charge on any atom is -0.325 e. The topological polar surface area (TPSA) is 93.9 Å². The standard InChI is InChI=1S/C19H26N4O3S/c1-14(2)12-27(25,26)13-18(24)20-16-8-6-7-15(11-16)19-22-21-17-9-4-3-5-10-23(17)19/h6-8,11,14H,3-5,9-10,12-13H2,1-2H3,(H,20,24). The maximum Gasteiger partial charge on any atom is 0.239 e. The normalized spacial score (nSPS) is 14.6. The third-order valence-corrected chi connectivity index (χ3v) is 6.33. The summed E-state index contributed by atoms with van der Waals surface area (Å²) >= 11 is 0. The van der Waals surface area contributed by atoms with Gasteiger partial charge in [-0.25, -0.2) is 8.42 Å². The average molecular weight is 391 g/mol. The third kappa shape index (κ3) is 5.15. The molecule has 1 aromatic carbocycles. The molecule has 2 aromatic rings. The molecular formula is C19H26N4O3S. The lowest BCUT2D eigenvalue weighted by Crippen LogP contribution is -2.26. The molecular weight excluding hydrogens is 364 g/mol. The Labute approximate surface area is 160 Å². The second kappa shape index (κ2) is 8.21. The van der Waals surface area contributed by atoms with Crippen LogP contribution in [0.15, 0.2) is 24.3 Å². The second-order valence-electron chi connectivity index (χ2n) is 7.48. The van der Waals surface area contributed by atoms with Crippen molar-refractivity contribution in [2.45, 2.75) is 46.1 Å². The van der Waals surface area contributed by atoms with E-state index in [1.54, 1.807) is 6.07 Å². The predicted octanol–water partition coefficient (Wildman–Crippen LogP) is 2.68. The Kier molecular flexibility index (Phi) is 5.94. The molecule has 1 N–H and O–H groups in total. The van der Waals surface area contributed by atoms with Gasteiger partial charge in [0.2, 0.25) is 5.91 Å². The molecule has 0 saturated heterocycles. The molecule has 8 heteroatoms. The van der Waals surface area contributed by atoms with Crippen molar-refractivity contribution in [2.75, 3.05) is 16.8 Å². The molecule has 0 atom stereocenters. The molecule has 0 spiro atoms. The number of hydrogen-bond donors (Lipinski definition) is 1. The van der Waals surface area contributed by atoms with Crippen molar-refractivity contribution in [2.24, 2.45) is 5.92 Å². The third-order valence-electron chi connectivity index (χ3n) is 4.45. The van der Waals surface area contributed by atoms with Gasteiger partial charge in [0.1, 0.15) is 11.6 Å². The Bertz CT molecular complexity index is 919. The largest absolute Gasteiger partial charge is 0.325 e. The van der Waals surface area contributed by atoms with Crippen LogP contribution in [0.3, 0.4) is 0 Å². The van der Waals surface area contributed by atoms with Crippen LogP contribution >= 0.6 is 0 Å². The van der Waals surface area contributed by atoms with Gasteiger partial charge in [0.15, 0.2) is 15.7 Å². The highest BCUT2D eigenvalue weighted by atomic mass is 32.2. The van der Waals surface area contributed by atoms with Gasteiger partial charge in [0, 0.05) is 24.2 Å². The molecule has 0 saturated carbocycles. The molecule has 2 heterocycles. The summed E-state index contributed by atoms with van der Waals surface area (Å²) in [4.78, 5) is 12.2. The van der Waals surface area contributed by atoms with Crippen molar-refractivity contribution in [3.63, 3.8) is 0 Å². The van der Waals surface area contributed by atoms with Crippen molar-refractivity contribution in [3.8, 4) is 11.4 Å². The van der Waals surface area contributed by atoms with Crippen LogP contribution in [0.4, 0.5) is 5.69 Å². The van der Waals surface area contributed by atoms with E-state index in [2.05, 4.69) is 20.1 Å². The van der Waals surface area contributed by atoms with E-state index < -0.39 is 21.5 Å². The van der Waals surface area contributed by atoms with Crippen LogP contribution in [0.5, 0.6) is 0 Å². The summed E-state index contributed by atoms with van der Waals surface area (Å²) in [5, 5.41) is 11.3. The van der Waals surface area contributed by atoms with E-state index in [4.69, 9.17) is 0 Å². The average Bonchev–Trinajstić information content (AvgIpc) is 2.82. The fourth-order valence-electron chi connectivity index (χ4n) is 3.40. The number of hydrogen-bond acceptors (Lipinski definition) is 5. The number of carbonyl (C=O) groups excluding carboxylic acids is 1. The fourth-order valence-corrected chi connectivity index (χ4v) is 5.00. The number of sulfone groups is 1. The highest BCUT2D eigenvalue weighted by Crippen LogP contribution is 2.24. The van der Waals surface area contributed by atoms with Gasteiger partial charge >= 0.3 is 0 Å². The van der Waals surface area contributed by atoms with E-state index in [1.807, 2.05) is 32.0 Å². The number of fused-ring (bicyclic) bond motifs is 1. The van der Waals surface area contributed by atoms with Gasteiger partial charge in [-0.15, -0.1) is 10.2 Å². The number of aryl methyl sites for hydroxylation is 1. The number of anilines is 1. The summed E-state index contributed by atoms with van der Waals surface area (Å²) in [5.74, 6) is 0.761. The summed E-state index contributed by atoms with van der Waals surface area (Å²) in [6.45, 7) is 4.53. The number of carbonyl (C=O) groups is 1. The van der Waals surface area contributed by atoms with E-state index in [-0.39, 0.29) is 11.7 Å². The first-order chi connectivity index (χ1) is 12.8. The van der Waals surface area contributed by atoms with Crippen LogP contribution in [-0.4, -0.2) is 40.6 Å². The van der Waals surface area contributed by atoms with E-state index in [0.29, 0.717) is 5.69 Å². The van der Waals surface area contributed by atoms with E-state index >= 15 is 0 Å². The maximum atomic E-state index is 12.2. The van der Waals surface area contributed by atoms with Gasteiger partial charge in [-0.1, -0.05) is 32.4 Å². The molecule has 1 amide bonds. The molecule has 0 fully saturated rings. The van der Waals surface area contributed by atoms with Crippen molar-refractivity contribution in [1.82, 2.24) is 14.8 Å². The van der Waals surface area contributed by atoms with Crippen LogP contribution in [0.25, 0.3) is 11.4 Å². The van der Waals surface area contributed by atoms with Gasteiger partial charge in [-0.2, -0.15) is 0 Å². The molecule has 0 bridgehead atoms. The van der Waals surface area contributed by atoms with Crippen molar-refractivity contribution >= 4 is 21.4 Å². The molecule has 146 valence electrons. The summed E-state index contributed by atoms with van der Waals surface area (Å²) in [6, 6.07) is 7.31. The molecule has 3 rings (SSSR count). The van der Waals surface area contributed by atoms with Crippen molar-refractivity contribution < 1.29 is 13.2 Å². The number of aromatic nitrogens is 3. The molecule has 0 unspecified atom stereocenters. The van der Waals surface area contributed by atoms with Crippen molar-refractivity contribution in [3.05, 3.63) is 30.1 Å². The summed E-state index contributed by atoms with van der Waals surface area (Å²) in [7, 11) is -3.41. The molecule has 1 aliphatic rings. The first-order valence-electron chi connectivity index (χ1n) is 9.37. The van der Waals surface area contributed by atoms with Gasteiger partial charge in [-0.3, -0.25) is 4.79 Å². The van der Waals surface area contributed by atoms with Gasteiger partial charge < -0.3 is 9.88 Å². The lowest BCUT2D eigenvalue weighted by Gasteiger charge is -2.10. The van der Waals surface area contributed by atoms with Crippen LogP contribution in [0.2, 0.25) is 0 Å². The number of amides is 1. The molecule has 1 aliphatic heterocycles. The Hall–Kier alpha value is -2.22. The molecule has 0 aliphatic carbocycles. The SMILES string of the molecule is CC(C)CS(=O)(=O)CC(=O)Nc1cccc(-c2nnc3n2CCCCC3)c1.